The van der Waals surface area contributed by atoms with Gasteiger partial charge < -0.3 is 10.2 Å². The summed E-state index contributed by atoms with van der Waals surface area (Å²) in [4.78, 5) is 6.85. The molecule has 22 heavy (non-hydrogen) atoms. The van der Waals surface area contributed by atoms with Gasteiger partial charge in [0.2, 0.25) is 5.89 Å². The smallest absolute Gasteiger partial charge is 0.226 e. The number of likely N-dealkylation sites (tertiary alicyclic amines) is 1. The van der Waals surface area contributed by atoms with Crippen LogP contribution in [0.15, 0.2) is 34.9 Å². The molecule has 118 valence electrons. The number of hydrogen-bond donors (Lipinski definition) is 1. The number of rotatable bonds is 4. The lowest BCUT2D eigenvalue weighted by Crippen LogP contribution is -2.41. The Morgan fingerprint density at radius 2 is 2.36 bits per heavy atom. The van der Waals surface area contributed by atoms with Crippen molar-refractivity contribution in [2.24, 2.45) is 11.7 Å². The maximum Gasteiger partial charge on any atom is 0.226 e. The van der Waals surface area contributed by atoms with Crippen LogP contribution in [0.25, 0.3) is 11.5 Å². The zero-order chi connectivity index (χ0) is 15.5. The number of benzene rings is 1. The summed E-state index contributed by atoms with van der Waals surface area (Å²) in [6.07, 6.45) is 4.03. The van der Waals surface area contributed by atoms with E-state index >= 15 is 0 Å². The fourth-order valence-corrected chi connectivity index (χ4v) is 3.03. The van der Waals surface area contributed by atoms with E-state index in [1.807, 2.05) is 0 Å². The van der Waals surface area contributed by atoms with Gasteiger partial charge in [-0.05, 0) is 50.4 Å². The van der Waals surface area contributed by atoms with Crippen LogP contribution >= 0.6 is 0 Å². The van der Waals surface area contributed by atoms with Gasteiger partial charge in [-0.2, -0.15) is 0 Å². The molecule has 1 aliphatic rings. The average Bonchev–Trinajstić information content (AvgIpc) is 2.96. The van der Waals surface area contributed by atoms with Gasteiger partial charge in [0.25, 0.3) is 0 Å². The molecule has 1 saturated heterocycles. The number of nitrogens with zero attached hydrogens (tertiary/aromatic N) is 2. The number of hydrogen-bond acceptors (Lipinski definition) is 4. The largest absolute Gasteiger partial charge is 0.444 e. The van der Waals surface area contributed by atoms with Gasteiger partial charge in [0.05, 0.1) is 5.69 Å². The van der Waals surface area contributed by atoms with Gasteiger partial charge in [-0.25, -0.2) is 9.37 Å². The highest BCUT2D eigenvalue weighted by molar-refractivity contribution is 5.52. The zero-order valence-electron chi connectivity index (χ0n) is 12.8. The molecule has 1 aromatic heterocycles. The molecular formula is C17H22FN3O. The maximum absolute atomic E-state index is 13.3. The molecule has 0 radical (unpaired) electrons. The molecule has 1 aromatic carbocycles. The Morgan fingerprint density at radius 1 is 1.50 bits per heavy atom. The van der Waals surface area contributed by atoms with E-state index in [9.17, 15) is 4.39 Å². The van der Waals surface area contributed by atoms with Gasteiger partial charge in [0.1, 0.15) is 12.1 Å². The van der Waals surface area contributed by atoms with Crippen LogP contribution in [-0.4, -0.2) is 29.0 Å². The highest BCUT2D eigenvalue weighted by Gasteiger charge is 2.23. The summed E-state index contributed by atoms with van der Waals surface area (Å²) in [5, 5.41) is 0. The van der Waals surface area contributed by atoms with Crippen LogP contribution in [0.5, 0.6) is 0 Å². The van der Waals surface area contributed by atoms with Gasteiger partial charge >= 0.3 is 0 Å². The fourth-order valence-electron chi connectivity index (χ4n) is 3.03. The summed E-state index contributed by atoms with van der Waals surface area (Å²) in [5.74, 6) is 0.728. The van der Waals surface area contributed by atoms with Crippen LogP contribution in [0.1, 0.15) is 25.5 Å². The second-order valence-corrected chi connectivity index (χ2v) is 6.15. The third kappa shape index (κ3) is 3.54. The SMILES string of the molecule is CC(N)C1CCCN(Cc2coc(-c3cccc(F)c3)n2)C1. The van der Waals surface area contributed by atoms with E-state index in [-0.39, 0.29) is 11.9 Å². The summed E-state index contributed by atoms with van der Waals surface area (Å²) in [6, 6.07) is 6.53. The van der Waals surface area contributed by atoms with Gasteiger partial charge in [-0.3, -0.25) is 4.90 Å². The first kappa shape index (κ1) is 15.2. The molecule has 1 aliphatic heterocycles. The molecule has 1 fully saturated rings. The lowest BCUT2D eigenvalue weighted by molar-refractivity contribution is 0.153. The van der Waals surface area contributed by atoms with Crippen molar-refractivity contribution in [2.45, 2.75) is 32.4 Å². The van der Waals surface area contributed by atoms with E-state index < -0.39 is 0 Å². The van der Waals surface area contributed by atoms with Crippen molar-refractivity contribution >= 4 is 0 Å². The van der Waals surface area contributed by atoms with Crippen molar-refractivity contribution < 1.29 is 8.81 Å². The van der Waals surface area contributed by atoms with Crippen molar-refractivity contribution in [3.63, 3.8) is 0 Å². The number of aromatic nitrogens is 1. The molecule has 2 unspecified atom stereocenters. The van der Waals surface area contributed by atoms with Gasteiger partial charge in [-0.15, -0.1) is 0 Å². The molecule has 0 amide bonds. The normalized spacial score (nSPS) is 21.0. The number of piperidine rings is 1. The minimum atomic E-state index is -0.284. The van der Waals surface area contributed by atoms with Gasteiger partial charge in [0.15, 0.2) is 0 Å². The van der Waals surface area contributed by atoms with E-state index in [1.54, 1.807) is 18.4 Å². The van der Waals surface area contributed by atoms with E-state index in [0.717, 1.165) is 25.3 Å². The lowest BCUT2D eigenvalue weighted by atomic mass is 9.92. The van der Waals surface area contributed by atoms with Crippen molar-refractivity contribution in [3.8, 4) is 11.5 Å². The van der Waals surface area contributed by atoms with Crippen LogP contribution in [0.4, 0.5) is 4.39 Å². The molecular weight excluding hydrogens is 281 g/mol. The minimum absolute atomic E-state index is 0.225. The lowest BCUT2D eigenvalue weighted by Gasteiger charge is -2.34. The van der Waals surface area contributed by atoms with E-state index in [4.69, 9.17) is 10.2 Å². The zero-order valence-corrected chi connectivity index (χ0v) is 12.8. The van der Waals surface area contributed by atoms with Crippen LogP contribution in [0.2, 0.25) is 0 Å². The number of nitrogens with two attached hydrogens (primary N) is 1. The van der Waals surface area contributed by atoms with Crippen molar-refractivity contribution in [2.75, 3.05) is 13.1 Å². The molecule has 2 aromatic rings. The molecule has 2 heterocycles. The molecule has 2 atom stereocenters. The summed E-state index contributed by atoms with van der Waals surface area (Å²) < 4.78 is 18.8. The molecule has 5 heteroatoms. The maximum atomic E-state index is 13.3. The first-order valence-electron chi connectivity index (χ1n) is 7.80. The molecule has 2 N–H and O–H groups in total. The Morgan fingerprint density at radius 3 is 3.14 bits per heavy atom. The standard InChI is InChI=1S/C17H22FN3O/c1-12(19)14-5-3-7-21(9-14)10-16-11-22-17(20-16)13-4-2-6-15(18)8-13/h2,4,6,8,11-12,14H,3,5,7,9-10,19H2,1H3. The van der Waals surface area contributed by atoms with Crippen LogP contribution in [0, 0.1) is 11.7 Å². The number of halogens is 1. The topological polar surface area (TPSA) is 55.3 Å². The van der Waals surface area contributed by atoms with Crippen molar-refractivity contribution in [1.29, 1.82) is 0 Å². The average molecular weight is 303 g/mol. The summed E-state index contributed by atoms with van der Waals surface area (Å²) in [5.41, 5.74) is 7.57. The second-order valence-electron chi connectivity index (χ2n) is 6.15. The fraction of sp³-hybridized carbons (Fsp3) is 0.471. The van der Waals surface area contributed by atoms with E-state index in [1.165, 1.54) is 25.0 Å². The Balaban J connectivity index is 1.67. The molecule has 0 aliphatic carbocycles. The van der Waals surface area contributed by atoms with Crippen LogP contribution < -0.4 is 5.73 Å². The Labute approximate surface area is 130 Å². The highest BCUT2D eigenvalue weighted by Crippen LogP contribution is 2.23. The van der Waals surface area contributed by atoms with Crippen LogP contribution in [-0.2, 0) is 6.54 Å². The van der Waals surface area contributed by atoms with Crippen molar-refractivity contribution in [1.82, 2.24) is 9.88 Å². The van der Waals surface area contributed by atoms with E-state index in [2.05, 4.69) is 16.8 Å². The molecule has 3 rings (SSSR count). The molecule has 0 spiro atoms. The van der Waals surface area contributed by atoms with Gasteiger partial charge in [0, 0.05) is 24.7 Å². The summed E-state index contributed by atoms with van der Waals surface area (Å²) in [7, 11) is 0. The van der Waals surface area contributed by atoms with Crippen molar-refractivity contribution in [3.05, 3.63) is 42.0 Å². The third-order valence-electron chi connectivity index (χ3n) is 4.29. The second kappa shape index (κ2) is 6.58. The first-order valence-corrected chi connectivity index (χ1v) is 7.80. The minimum Gasteiger partial charge on any atom is -0.444 e. The summed E-state index contributed by atoms with van der Waals surface area (Å²) in [6.45, 7) is 4.89. The number of oxazole rings is 1. The van der Waals surface area contributed by atoms with Gasteiger partial charge in [-0.1, -0.05) is 6.07 Å². The molecule has 0 saturated carbocycles. The quantitative estimate of drug-likeness (QED) is 0.943. The Kier molecular flexibility index (Phi) is 4.55. The third-order valence-corrected chi connectivity index (χ3v) is 4.29. The predicted octanol–water partition coefficient (Wildman–Crippen LogP) is 3.04. The van der Waals surface area contributed by atoms with E-state index in [0.29, 0.717) is 17.4 Å². The van der Waals surface area contributed by atoms with Crippen LogP contribution in [0.3, 0.4) is 0 Å². The predicted molar refractivity (Wildman–Crippen MR) is 83.5 cm³/mol. The summed E-state index contributed by atoms with van der Waals surface area (Å²) >= 11 is 0. The molecule has 0 bridgehead atoms. The monoisotopic (exact) mass is 303 g/mol. The highest BCUT2D eigenvalue weighted by atomic mass is 19.1. The Bertz CT molecular complexity index is 626. The Hall–Kier alpha value is -1.72. The molecule has 4 nitrogen and oxygen atoms in total. The first-order chi connectivity index (χ1) is 10.6.